The van der Waals surface area contributed by atoms with Crippen LogP contribution in [-0.4, -0.2) is 17.3 Å². The molecule has 0 aliphatic heterocycles. The summed E-state index contributed by atoms with van der Waals surface area (Å²) in [6.07, 6.45) is 2.84. The van der Waals surface area contributed by atoms with Crippen LogP contribution >= 0.6 is 21.8 Å². The Morgan fingerprint density at radius 3 is 0.471 bits per heavy atom. The van der Waals surface area contributed by atoms with E-state index in [0.29, 0.717) is 0 Å². The molecule has 87 heavy (non-hydrogen) atoms. The Kier molecular flexibility index (Phi) is 23.0. The van der Waals surface area contributed by atoms with Crippen molar-refractivity contribution in [2.75, 3.05) is 0 Å². The van der Waals surface area contributed by atoms with Gasteiger partial charge >= 0.3 is 0 Å². The van der Waals surface area contributed by atoms with E-state index in [0.717, 1.165) is 17.9 Å². The summed E-state index contributed by atoms with van der Waals surface area (Å²) < 4.78 is 0. The molecule has 1 heterocycles. The zero-order valence-electron chi connectivity index (χ0n) is 49.0. The van der Waals surface area contributed by atoms with Crippen LogP contribution in [0.2, 0.25) is 0 Å². The average molecular weight is 1190 g/mol. The normalized spacial score (nSPS) is 10.9. The highest BCUT2D eigenvalue weighted by Gasteiger charge is 2.50. The third-order valence-electron chi connectivity index (χ3n) is 14.8. The van der Waals surface area contributed by atoms with Gasteiger partial charge in [-0.3, -0.25) is 7.32 Å². The van der Waals surface area contributed by atoms with E-state index in [1.807, 2.05) is 13.1 Å². The monoisotopic (exact) mass is 1190 g/mol. The second-order valence-corrected chi connectivity index (χ2v) is 30.4. The first-order valence-corrected chi connectivity index (χ1v) is 34.5. The molecule has 0 saturated carbocycles. The lowest BCUT2D eigenvalue weighted by molar-refractivity contribution is -0.479. The molecule has 0 unspecified atom stereocenters. The summed E-state index contributed by atoms with van der Waals surface area (Å²) in [6, 6.07) is 131. The maximum Gasteiger partial charge on any atom is 0.144 e. The van der Waals surface area contributed by atoms with E-state index in [1.165, 1.54) is 63.7 Å². The zero-order valence-corrected chi connectivity index (χ0v) is 51.7. The van der Waals surface area contributed by atoms with Gasteiger partial charge in [-0.2, -0.15) is 0 Å². The molecule has 13 rings (SSSR count). The Balaban J connectivity index is 0.000000142. The van der Waals surface area contributed by atoms with E-state index in [1.54, 1.807) is 0 Å². The molecule has 0 bridgehead atoms. The number of hydrogen-bond donors (Lipinski definition) is 1. The quantitative estimate of drug-likeness (QED) is 0.0919. The van der Waals surface area contributed by atoms with Crippen molar-refractivity contribution in [2.24, 2.45) is 0 Å². The second kappa shape index (κ2) is 32.0. The van der Waals surface area contributed by atoms with E-state index in [4.69, 9.17) is 15.1 Å². The molecule has 0 radical (unpaired) electrons. The minimum Gasteiger partial charge on any atom is -0.907 e. The number of benzene rings is 12. The predicted octanol–water partition coefficient (Wildman–Crippen LogP) is 10.3. The summed E-state index contributed by atoms with van der Waals surface area (Å²) in [7, 11) is -8.63. The molecule has 428 valence electrons. The van der Waals surface area contributed by atoms with Gasteiger partial charge in [-0.25, -0.2) is 4.98 Å². The molecule has 0 fully saturated rings. The number of aromatic amines is 1. The highest BCUT2D eigenvalue weighted by Crippen LogP contribution is 2.56. The number of hydrogen-bond acceptors (Lipinski definition) is 4. The lowest BCUT2D eigenvalue weighted by Gasteiger charge is -2.35. The van der Waals surface area contributed by atoms with Crippen LogP contribution in [0.1, 0.15) is 18.4 Å². The van der Waals surface area contributed by atoms with E-state index in [-0.39, 0.29) is 0 Å². The first-order chi connectivity index (χ1) is 42.8. The SMILES string of the molecule is CCc1ncc(C)[nH]1.[O-]B([O-])[O-].c1ccc([P+](c2ccccc2)(c2ccccc2)c2ccccc2)cc1.c1ccc([P+](c2ccccc2)(c2ccccc2)c2ccccc2)cc1.c1ccc([P+](c2ccccc2)(c2ccccc2)c2ccccc2)cc1. The number of aryl methyl sites for hydroxylation is 2. The molecule has 12 aromatic carbocycles. The van der Waals surface area contributed by atoms with Crippen LogP contribution < -0.4 is 78.7 Å². The Labute approximate surface area is 516 Å². The molecule has 0 saturated heterocycles. The zero-order chi connectivity index (χ0) is 60.4. The number of imidazole rings is 1. The minimum atomic E-state index is -2.92. The van der Waals surface area contributed by atoms with Gasteiger partial charge in [0.05, 0.1) is 0 Å². The molecule has 1 N–H and O–H groups in total. The third kappa shape index (κ3) is 15.0. The Bertz CT molecular complexity index is 3100. The van der Waals surface area contributed by atoms with Crippen LogP contribution in [-0.2, 0) is 6.42 Å². The number of aromatic nitrogens is 2. The summed E-state index contributed by atoms with van der Waals surface area (Å²) in [5.41, 5.74) is 1.14. The molecular weight excluding hydrogens is 1120 g/mol. The Morgan fingerprint density at radius 2 is 0.391 bits per heavy atom. The van der Waals surface area contributed by atoms with Crippen molar-refractivity contribution in [1.82, 2.24) is 9.97 Å². The van der Waals surface area contributed by atoms with Crippen molar-refractivity contribution < 1.29 is 15.1 Å². The molecule has 13 aromatic rings. The number of H-pyrrole nitrogens is 1. The highest BCUT2D eigenvalue weighted by molar-refractivity contribution is 8.02. The van der Waals surface area contributed by atoms with Crippen LogP contribution in [0.4, 0.5) is 0 Å². The maximum absolute atomic E-state index is 8.42. The van der Waals surface area contributed by atoms with Gasteiger partial charge in [0.2, 0.25) is 0 Å². The predicted molar refractivity (Wildman–Crippen MR) is 372 cm³/mol. The first-order valence-electron chi connectivity index (χ1n) is 29.1. The van der Waals surface area contributed by atoms with Crippen molar-refractivity contribution >= 4 is 92.8 Å². The maximum atomic E-state index is 8.42. The minimum absolute atomic E-state index is 0.994. The third-order valence-corrected chi connectivity index (χ3v) is 27.7. The molecule has 9 heteroatoms. The average Bonchev–Trinajstić information content (AvgIpc) is 3.64. The van der Waals surface area contributed by atoms with E-state index >= 15 is 0 Å². The van der Waals surface area contributed by atoms with Crippen LogP contribution in [0, 0.1) is 6.92 Å². The van der Waals surface area contributed by atoms with Gasteiger partial charge in [-0.1, -0.05) is 225 Å². The van der Waals surface area contributed by atoms with Gasteiger partial charge in [0, 0.05) is 18.3 Å². The standard InChI is InChI=1S/3C24H20P.C6H10N2.BO3/c3*1-5-13-21(14-6-1)25(22-15-7-2-8-16-22,23-17-9-3-10-18-23)24-19-11-4-12-20-24;1-3-6-7-4-5(2)8-6;2-1(3)4/h3*1-20H;4H,3H2,1-2H3,(H,7,8);/q3*+1;;-3. The van der Waals surface area contributed by atoms with Crippen molar-refractivity contribution in [1.29, 1.82) is 0 Å². The lowest BCUT2D eigenvalue weighted by atomic mass is 10.3. The van der Waals surface area contributed by atoms with Crippen LogP contribution in [0.15, 0.2) is 370 Å². The molecule has 0 atom stereocenters. The number of nitrogens with one attached hydrogen (secondary N) is 1. The van der Waals surface area contributed by atoms with Crippen molar-refractivity contribution in [3.63, 3.8) is 0 Å². The fourth-order valence-electron chi connectivity index (χ4n) is 11.1. The van der Waals surface area contributed by atoms with Crippen molar-refractivity contribution in [3.8, 4) is 0 Å². The second-order valence-electron chi connectivity index (χ2n) is 20.2. The van der Waals surface area contributed by atoms with Gasteiger partial charge < -0.3 is 20.1 Å². The van der Waals surface area contributed by atoms with E-state index < -0.39 is 29.1 Å². The van der Waals surface area contributed by atoms with E-state index in [2.05, 4.69) is 381 Å². The van der Waals surface area contributed by atoms with Gasteiger partial charge in [-0.05, 0) is 153 Å². The smallest absolute Gasteiger partial charge is 0.144 e. The van der Waals surface area contributed by atoms with Crippen LogP contribution in [0.25, 0.3) is 0 Å². The molecule has 5 nitrogen and oxygen atoms in total. The van der Waals surface area contributed by atoms with Crippen molar-refractivity contribution in [2.45, 2.75) is 20.3 Å². The topological polar surface area (TPSA) is 97.9 Å². The van der Waals surface area contributed by atoms with Gasteiger partial charge in [0.1, 0.15) is 91.3 Å². The van der Waals surface area contributed by atoms with Crippen LogP contribution in [0.5, 0.6) is 0 Å². The first kappa shape index (κ1) is 62.6. The number of nitrogens with zero attached hydrogens (tertiary/aromatic N) is 1. The van der Waals surface area contributed by atoms with Gasteiger partial charge in [0.15, 0.2) is 0 Å². The summed E-state index contributed by atoms with van der Waals surface area (Å²) in [4.78, 5) is 7.19. The fraction of sp³-hybridized carbons (Fsp3) is 0.0385. The van der Waals surface area contributed by atoms with Crippen molar-refractivity contribution in [3.05, 3.63) is 382 Å². The van der Waals surface area contributed by atoms with Gasteiger partial charge in [-0.15, -0.1) is 0 Å². The molecule has 1 aromatic heterocycles. The Morgan fingerprint density at radius 1 is 0.264 bits per heavy atom. The molecule has 0 spiro atoms. The molecule has 0 aliphatic rings. The summed E-state index contributed by atoms with van der Waals surface area (Å²) >= 11 is 0. The van der Waals surface area contributed by atoms with Crippen LogP contribution in [0.3, 0.4) is 0 Å². The molecule has 0 amide bonds. The number of rotatable bonds is 13. The highest BCUT2D eigenvalue weighted by atomic mass is 31.2. The summed E-state index contributed by atoms with van der Waals surface area (Å²) in [6.45, 7) is 4.09. The summed E-state index contributed by atoms with van der Waals surface area (Å²) in [5.74, 6) is 1.07. The van der Waals surface area contributed by atoms with E-state index in [9.17, 15) is 0 Å². The molecular formula is C78H70BN2O3P3. The largest absolute Gasteiger partial charge is 0.907 e. The van der Waals surface area contributed by atoms with Gasteiger partial charge in [0.25, 0.3) is 0 Å². The fourth-order valence-corrected chi connectivity index (χ4v) is 23.9. The lowest BCUT2D eigenvalue weighted by Crippen LogP contribution is -2.56. The Hall–Kier alpha value is -8.92. The summed E-state index contributed by atoms with van der Waals surface area (Å²) in [5, 5.41) is 41.9. The molecule has 0 aliphatic carbocycles.